The molecule has 2 saturated heterocycles. The van der Waals surface area contributed by atoms with E-state index in [9.17, 15) is 9.59 Å². The van der Waals surface area contributed by atoms with Gasteiger partial charge in [0.2, 0.25) is 11.8 Å². The number of rotatable bonds is 5. The Kier molecular flexibility index (Phi) is 6.22. The molecule has 0 saturated carbocycles. The van der Waals surface area contributed by atoms with Gasteiger partial charge < -0.3 is 14.4 Å². The van der Waals surface area contributed by atoms with Crippen molar-refractivity contribution in [2.75, 3.05) is 26.2 Å². The normalized spacial score (nSPS) is 20.6. The molecule has 2 aliphatic heterocycles. The van der Waals surface area contributed by atoms with E-state index in [1.807, 2.05) is 29.6 Å². The number of carbonyl (C=O) groups is 2. The fourth-order valence-corrected chi connectivity index (χ4v) is 4.39. The SMILES string of the molecule is O=C1CCCCCN1CC(=O)N1CCC[C@@H](c2nccn2Cc2cccnc2)C1. The number of nitrogens with zero attached hydrogens (tertiary/aromatic N) is 5. The molecule has 2 fully saturated rings. The largest absolute Gasteiger partial charge is 0.340 e. The van der Waals surface area contributed by atoms with Gasteiger partial charge in [0.25, 0.3) is 0 Å². The Morgan fingerprint density at radius 1 is 1.14 bits per heavy atom. The lowest BCUT2D eigenvalue weighted by atomic mass is 9.97. The number of likely N-dealkylation sites (tertiary alicyclic amines) is 2. The lowest BCUT2D eigenvalue weighted by molar-refractivity contribution is -0.140. The van der Waals surface area contributed by atoms with E-state index < -0.39 is 0 Å². The number of hydrogen-bond acceptors (Lipinski definition) is 4. The van der Waals surface area contributed by atoms with Crippen LogP contribution in [0.2, 0.25) is 0 Å². The van der Waals surface area contributed by atoms with Crippen LogP contribution < -0.4 is 0 Å². The Balaban J connectivity index is 1.40. The first-order chi connectivity index (χ1) is 14.2. The van der Waals surface area contributed by atoms with Gasteiger partial charge in [0.05, 0.1) is 13.1 Å². The highest BCUT2D eigenvalue weighted by Crippen LogP contribution is 2.26. The van der Waals surface area contributed by atoms with Gasteiger partial charge in [-0.3, -0.25) is 14.6 Å². The van der Waals surface area contributed by atoms with Crippen LogP contribution in [0.4, 0.5) is 0 Å². The highest BCUT2D eigenvalue weighted by atomic mass is 16.2. The second-order valence-corrected chi connectivity index (χ2v) is 8.08. The fourth-order valence-electron chi connectivity index (χ4n) is 4.39. The molecule has 2 aliphatic rings. The van der Waals surface area contributed by atoms with Crippen LogP contribution in [0.3, 0.4) is 0 Å². The van der Waals surface area contributed by atoms with E-state index in [0.29, 0.717) is 19.5 Å². The van der Waals surface area contributed by atoms with E-state index in [1.54, 1.807) is 11.1 Å². The highest BCUT2D eigenvalue weighted by molar-refractivity contribution is 5.85. The van der Waals surface area contributed by atoms with Gasteiger partial charge in [-0.25, -0.2) is 4.98 Å². The first-order valence-corrected chi connectivity index (χ1v) is 10.7. The lowest BCUT2D eigenvalue weighted by Gasteiger charge is -2.34. The fraction of sp³-hybridized carbons (Fsp3) is 0.545. The first-order valence-electron chi connectivity index (χ1n) is 10.7. The number of pyridine rings is 1. The molecule has 0 N–H and O–H groups in total. The molecule has 154 valence electrons. The molecule has 0 bridgehead atoms. The zero-order chi connectivity index (χ0) is 20.1. The van der Waals surface area contributed by atoms with Crippen molar-refractivity contribution in [3.05, 3.63) is 48.3 Å². The predicted octanol–water partition coefficient (Wildman–Crippen LogP) is 2.44. The van der Waals surface area contributed by atoms with Crippen molar-refractivity contribution in [2.24, 2.45) is 0 Å². The van der Waals surface area contributed by atoms with Gasteiger partial charge in [0.1, 0.15) is 5.82 Å². The topological polar surface area (TPSA) is 71.3 Å². The molecule has 0 aromatic carbocycles. The maximum absolute atomic E-state index is 12.9. The van der Waals surface area contributed by atoms with Gasteiger partial charge in [-0.1, -0.05) is 12.5 Å². The summed E-state index contributed by atoms with van der Waals surface area (Å²) in [6, 6.07) is 4.00. The van der Waals surface area contributed by atoms with Gasteiger partial charge in [-0.15, -0.1) is 0 Å². The monoisotopic (exact) mass is 395 g/mol. The smallest absolute Gasteiger partial charge is 0.242 e. The summed E-state index contributed by atoms with van der Waals surface area (Å²) in [5, 5.41) is 0. The van der Waals surface area contributed by atoms with Crippen molar-refractivity contribution >= 4 is 11.8 Å². The van der Waals surface area contributed by atoms with Crippen LogP contribution in [-0.2, 0) is 16.1 Å². The minimum absolute atomic E-state index is 0.0651. The van der Waals surface area contributed by atoms with Gasteiger partial charge in [0.15, 0.2) is 0 Å². The molecular formula is C22H29N5O2. The van der Waals surface area contributed by atoms with Crippen molar-refractivity contribution < 1.29 is 9.59 Å². The Morgan fingerprint density at radius 2 is 2.07 bits per heavy atom. The van der Waals surface area contributed by atoms with E-state index in [2.05, 4.69) is 20.6 Å². The average Bonchev–Trinajstić information content (AvgIpc) is 3.11. The van der Waals surface area contributed by atoms with E-state index in [4.69, 9.17) is 0 Å². The number of hydrogen-bond donors (Lipinski definition) is 0. The van der Waals surface area contributed by atoms with Crippen molar-refractivity contribution in [2.45, 2.75) is 51.0 Å². The molecule has 2 amide bonds. The number of imidazole rings is 1. The van der Waals surface area contributed by atoms with E-state index in [0.717, 1.165) is 56.6 Å². The summed E-state index contributed by atoms with van der Waals surface area (Å²) in [5.41, 5.74) is 1.13. The van der Waals surface area contributed by atoms with Crippen LogP contribution in [0.5, 0.6) is 0 Å². The van der Waals surface area contributed by atoms with Crippen LogP contribution in [0.1, 0.15) is 55.8 Å². The number of amides is 2. The molecule has 0 spiro atoms. The number of carbonyl (C=O) groups excluding carboxylic acids is 2. The van der Waals surface area contributed by atoms with Crippen molar-refractivity contribution in [3.63, 3.8) is 0 Å². The summed E-state index contributed by atoms with van der Waals surface area (Å²) in [4.78, 5) is 37.6. The summed E-state index contributed by atoms with van der Waals surface area (Å²) in [6.45, 7) is 3.09. The summed E-state index contributed by atoms with van der Waals surface area (Å²) in [5.74, 6) is 1.43. The molecule has 7 heteroatoms. The third-order valence-corrected chi connectivity index (χ3v) is 5.96. The third-order valence-electron chi connectivity index (χ3n) is 5.96. The Hall–Kier alpha value is -2.70. The molecular weight excluding hydrogens is 366 g/mol. The molecule has 0 unspecified atom stereocenters. The molecule has 0 aliphatic carbocycles. The standard InChI is InChI=1S/C22H29N5O2/c28-20-8-2-1-3-11-26(20)17-21(29)25-12-5-7-19(16-25)22-24-10-13-27(22)15-18-6-4-9-23-14-18/h4,6,9-10,13-14,19H,1-3,5,7-8,11-12,15-17H2/t19-/m1/s1. The maximum atomic E-state index is 12.9. The summed E-state index contributed by atoms with van der Waals surface area (Å²) in [6.07, 6.45) is 13.0. The van der Waals surface area contributed by atoms with Crippen LogP contribution >= 0.6 is 0 Å². The summed E-state index contributed by atoms with van der Waals surface area (Å²) >= 11 is 0. The Morgan fingerprint density at radius 3 is 2.93 bits per heavy atom. The Bertz CT molecular complexity index is 835. The van der Waals surface area contributed by atoms with Crippen molar-refractivity contribution in [3.8, 4) is 0 Å². The molecule has 7 nitrogen and oxygen atoms in total. The zero-order valence-electron chi connectivity index (χ0n) is 16.9. The number of aromatic nitrogens is 3. The molecule has 2 aromatic rings. The molecule has 1 atom stereocenters. The molecule has 29 heavy (non-hydrogen) atoms. The van der Waals surface area contributed by atoms with Gasteiger partial charge in [-0.2, -0.15) is 0 Å². The third kappa shape index (κ3) is 4.83. The van der Waals surface area contributed by atoms with Gasteiger partial charge in [0, 0.05) is 56.8 Å². The molecule has 0 radical (unpaired) electrons. The first kappa shape index (κ1) is 19.6. The van der Waals surface area contributed by atoms with E-state index >= 15 is 0 Å². The number of piperidine rings is 1. The maximum Gasteiger partial charge on any atom is 0.242 e. The lowest BCUT2D eigenvalue weighted by Crippen LogP contribution is -2.46. The van der Waals surface area contributed by atoms with Crippen LogP contribution in [0.15, 0.2) is 36.9 Å². The molecule has 4 heterocycles. The van der Waals surface area contributed by atoms with Crippen LogP contribution in [0, 0.1) is 0 Å². The van der Waals surface area contributed by atoms with E-state index in [1.165, 1.54) is 0 Å². The highest BCUT2D eigenvalue weighted by Gasteiger charge is 2.29. The second kappa shape index (κ2) is 9.20. The average molecular weight is 396 g/mol. The minimum atomic E-state index is 0.0651. The quantitative estimate of drug-likeness (QED) is 0.780. The second-order valence-electron chi connectivity index (χ2n) is 8.08. The molecule has 4 rings (SSSR count). The predicted molar refractivity (Wildman–Crippen MR) is 109 cm³/mol. The molecule has 2 aromatic heterocycles. The van der Waals surface area contributed by atoms with Crippen LogP contribution in [-0.4, -0.2) is 62.3 Å². The summed E-state index contributed by atoms with van der Waals surface area (Å²) < 4.78 is 2.16. The van der Waals surface area contributed by atoms with Crippen LogP contribution in [0.25, 0.3) is 0 Å². The zero-order valence-corrected chi connectivity index (χ0v) is 16.9. The minimum Gasteiger partial charge on any atom is -0.340 e. The van der Waals surface area contributed by atoms with Gasteiger partial charge >= 0.3 is 0 Å². The van der Waals surface area contributed by atoms with E-state index in [-0.39, 0.29) is 24.3 Å². The Labute approximate surface area is 171 Å². The van der Waals surface area contributed by atoms with Crippen molar-refractivity contribution in [1.29, 1.82) is 0 Å². The summed E-state index contributed by atoms with van der Waals surface area (Å²) in [7, 11) is 0. The van der Waals surface area contributed by atoms with Crippen molar-refractivity contribution in [1.82, 2.24) is 24.3 Å². The van der Waals surface area contributed by atoms with Gasteiger partial charge in [-0.05, 0) is 37.3 Å².